The maximum Gasteiger partial charge on any atom is 0.416 e. The number of rotatable bonds is 2. The lowest BCUT2D eigenvalue weighted by Gasteiger charge is -2.13. The second-order valence-corrected chi connectivity index (χ2v) is 3.20. The van der Waals surface area contributed by atoms with Crippen molar-refractivity contribution in [2.75, 3.05) is 6.67 Å². The van der Waals surface area contributed by atoms with Crippen LogP contribution in [-0.2, 0) is 12.4 Å². The van der Waals surface area contributed by atoms with Crippen LogP contribution in [-0.4, -0.2) is 6.67 Å². The fourth-order valence-electron chi connectivity index (χ4n) is 1.19. The van der Waals surface area contributed by atoms with Gasteiger partial charge in [0.15, 0.2) is 0 Å². The van der Waals surface area contributed by atoms with E-state index in [2.05, 4.69) is 0 Å². The first-order valence-electron chi connectivity index (χ1n) is 4.33. The topological polar surface area (TPSA) is 0 Å². The number of halogens is 7. The molecule has 0 saturated heterocycles. The quantitative estimate of drug-likeness (QED) is 0.696. The van der Waals surface area contributed by atoms with Crippen LogP contribution in [0.25, 0.3) is 0 Å². The van der Waals surface area contributed by atoms with E-state index < -0.39 is 35.7 Å². The average molecular weight is 259 g/mol. The number of hydrogen-bond donors (Lipinski definition) is 0. The Balaban J connectivity index is 3.29. The first kappa shape index (κ1) is 13.8. The molecular formula is C10H6F7. The summed E-state index contributed by atoms with van der Waals surface area (Å²) < 4.78 is 85.7. The van der Waals surface area contributed by atoms with Crippen molar-refractivity contribution in [3.8, 4) is 0 Å². The minimum Gasteiger partial charge on any atom is -0.250 e. The number of benzene rings is 1. The first-order chi connectivity index (χ1) is 7.64. The first-order valence-corrected chi connectivity index (χ1v) is 4.33. The summed E-state index contributed by atoms with van der Waals surface area (Å²) in [5, 5.41) is 0. The smallest absolute Gasteiger partial charge is 0.250 e. The maximum absolute atomic E-state index is 12.3. The molecule has 17 heavy (non-hydrogen) atoms. The SMILES string of the molecule is FC[CH]c1cc(C(F)(F)F)cc(C(F)(F)F)c1. The molecule has 0 aromatic heterocycles. The third-order valence-corrected chi connectivity index (χ3v) is 1.92. The van der Waals surface area contributed by atoms with E-state index in [4.69, 9.17) is 0 Å². The highest BCUT2D eigenvalue weighted by Crippen LogP contribution is 2.36. The molecule has 0 fully saturated rings. The van der Waals surface area contributed by atoms with Gasteiger partial charge in [-0.3, -0.25) is 4.39 Å². The average Bonchev–Trinajstić information content (AvgIpc) is 2.15. The summed E-state index contributed by atoms with van der Waals surface area (Å²) in [5.74, 6) is 0. The minimum atomic E-state index is -4.90. The molecule has 0 saturated carbocycles. The van der Waals surface area contributed by atoms with Crippen LogP contribution in [0.5, 0.6) is 0 Å². The van der Waals surface area contributed by atoms with Gasteiger partial charge < -0.3 is 0 Å². The van der Waals surface area contributed by atoms with Gasteiger partial charge in [0.1, 0.15) is 0 Å². The van der Waals surface area contributed by atoms with Gasteiger partial charge in [-0.15, -0.1) is 0 Å². The fraction of sp³-hybridized carbons (Fsp3) is 0.300. The molecule has 0 aliphatic heterocycles. The summed E-state index contributed by atoms with van der Waals surface area (Å²) >= 11 is 0. The van der Waals surface area contributed by atoms with E-state index in [0.717, 1.165) is 0 Å². The summed E-state index contributed by atoms with van der Waals surface area (Å²) in [6, 6.07) is 0.930. The predicted molar refractivity (Wildman–Crippen MR) is 45.8 cm³/mol. The van der Waals surface area contributed by atoms with Crippen molar-refractivity contribution in [2.24, 2.45) is 0 Å². The lowest BCUT2D eigenvalue weighted by atomic mass is 10.0. The van der Waals surface area contributed by atoms with Gasteiger partial charge in [0, 0.05) is 6.42 Å². The van der Waals surface area contributed by atoms with Gasteiger partial charge in [-0.25, -0.2) is 0 Å². The largest absolute Gasteiger partial charge is 0.416 e. The highest BCUT2D eigenvalue weighted by molar-refractivity contribution is 5.37. The Morgan fingerprint density at radius 3 is 1.53 bits per heavy atom. The lowest BCUT2D eigenvalue weighted by molar-refractivity contribution is -0.143. The Labute approximate surface area is 92.0 Å². The van der Waals surface area contributed by atoms with Crippen LogP contribution in [0.4, 0.5) is 30.7 Å². The van der Waals surface area contributed by atoms with E-state index in [1.807, 2.05) is 0 Å². The standard InChI is InChI=1S/C10H6F7/c11-2-1-6-3-7(9(12,13)14)5-8(4-6)10(15,16)17/h1,3-5H,2H2. The third-order valence-electron chi connectivity index (χ3n) is 1.92. The lowest BCUT2D eigenvalue weighted by Crippen LogP contribution is -2.11. The van der Waals surface area contributed by atoms with Crippen LogP contribution >= 0.6 is 0 Å². The van der Waals surface area contributed by atoms with Gasteiger partial charge in [-0.1, -0.05) is 0 Å². The van der Waals surface area contributed by atoms with Crippen LogP contribution in [0.2, 0.25) is 0 Å². The molecule has 0 aliphatic carbocycles. The molecule has 0 bridgehead atoms. The van der Waals surface area contributed by atoms with Crippen molar-refractivity contribution in [3.63, 3.8) is 0 Å². The predicted octanol–water partition coefficient (Wildman–Crippen LogP) is 4.25. The van der Waals surface area contributed by atoms with E-state index >= 15 is 0 Å². The Morgan fingerprint density at radius 1 is 0.824 bits per heavy atom. The van der Waals surface area contributed by atoms with E-state index in [-0.39, 0.29) is 6.07 Å². The van der Waals surface area contributed by atoms with Gasteiger partial charge in [0.05, 0.1) is 17.8 Å². The summed E-state index contributed by atoms with van der Waals surface area (Å²) in [4.78, 5) is 0. The van der Waals surface area contributed by atoms with Crippen LogP contribution in [0.15, 0.2) is 18.2 Å². The van der Waals surface area contributed by atoms with Crippen LogP contribution in [0.1, 0.15) is 16.7 Å². The molecule has 0 unspecified atom stereocenters. The Hall–Kier alpha value is -1.27. The zero-order chi connectivity index (χ0) is 13.3. The Morgan fingerprint density at radius 2 is 1.24 bits per heavy atom. The molecule has 0 aliphatic rings. The molecular weight excluding hydrogens is 253 g/mol. The molecule has 1 aromatic rings. The van der Waals surface area contributed by atoms with Gasteiger partial charge in [-0.05, 0) is 23.8 Å². The van der Waals surface area contributed by atoms with Crippen LogP contribution < -0.4 is 0 Å². The van der Waals surface area contributed by atoms with Gasteiger partial charge in [-0.2, -0.15) is 26.3 Å². The Kier molecular flexibility index (Phi) is 3.68. The maximum atomic E-state index is 12.3. The van der Waals surface area contributed by atoms with Gasteiger partial charge in [0.2, 0.25) is 0 Å². The van der Waals surface area contributed by atoms with Crippen molar-refractivity contribution >= 4 is 0 Å². The molecule has 95 valence electrons. The van der Waals surface area contributed by atoms with Crippen LogP contribution in [0, 0.1) is 6.42 Å². The number of hydrogen-bond acceptors (Lipinski definition) is 0. The van der Waals surface area contributed by atoms with Crippen molar-refractivity contribution in [1.29, 1.82) is 0 Å². The summed E-state index contributed by atoms with van der Waals surface area (Å²) in [6.45, 7) is -1.14. The zero-order valence-electron chi connectivity index (χ0n) is 8.16. The summed E-state index contributed by atoms with van der Waals surface area (Å²) in [6.07, 6.45) is -9.16. The third kappa shape index (κ3) is 3.61. The molecule has 0 amide bonds. The van der Waals surface area contributed by atoms with Gasteiger partial charge in [0.25, 0.3) is 0 Å². The van der Waals surface area contributed by atoms with E-state index in [9.17, 15) is 30.7 Å². The van der Waals surface area contributed by atoms with Crippen molar-refractivity contribution in [3.05, 3.63) is 41.3 Å². The van der Waals surface area contributed by atoms with Crippen LogP contribution in [0.3, 0.4) is 0 Å². The van der Waals surface area contributed by atoms with E-state index in [0.29, 0.717) is 18.6 Å². The monoisotopic (exact) mass is 259 g/mol. The second-order valence-electron chi connectivity index (χ2n) is 3.20. The molecule has 0 atom stereocenters. The van der Waals surface area contributed by atoms with Crippen molar-refractivity contribution < 1.29 is 30.7 Å². The highest BCUT2D eigenvalue weighted by Gasteiger charge is 2.36. The number of alkyl halides is 7. The summed E-state index contributed by atoms with van der Waals surface area (Å²) in [5.41, 5.74) is -3.35. The molecule has 1 radical (unpaired) electrons. The molecule has 0 N–H and O–H groups in total. The second kappa shape index (κ2) is 4.54. The molecule has 0 spiro atoms. The molecule has 1 aromatic carbocycles. The van der Waals surface area contributed by atoms with Crippen molar-refractivity contribution in [2.45, 2.75) is 12.4 Å². The Bertz CT molecular complexity index is 356. The van der Waals surface area contributed by atoms with E-state index in [1.165, 1.54) is 0 Å². The minimum absolute atomic E-state index is 0.00439. The normalized spacial score (nSPS) is 12.9. The highest BCUT2D eigenvalue weighted by atomic mass is 19.4. The summed E-state index contributed by atoms with van der Waals surface area (Å²) in [7, 11) is 0. The molecule has 1 rings (SSSR count). The zero-order valence-corrected chi connectivity index (χ0v) is 8.16. The van der Waals surface area contributed by atoms with Gasteiger partial charge >= 0.3 is 12.4 Å². The molecule has 0 nitrogen and oxygen atoms in total. The fourth-order valence-corrected chi connectivity index (χ4v) is 1.19. The van der Waals surface area contributed by atoms with E-state index in [1.54, 1.807) is 0 Å². The van der Waals surface area contributed by atoms with Crippen molar-refractivity contribution in [1.82, 2.24) is 0 Å². The molecule has 0 heterocycles. The molecule has 7 heteroatoms.